The summed E-state index contributed by atoms with van der Waals surface area (Å²) in [5, 5.41) is 12.0. The van der Waals surface area contributed by atoms with Gasteiger partial charge in [0.25, 0.3) is 0 Å². The van der Waals surface area contributed by atoms with Crippen LogP contribution < -0.4 is 5.32 Å². The standard InChI is InChI=1S/C11H13NO4S/c1-11(2)6-17(15,16)8-5-3-4-7(10(13)14)9(8)12-11/h3-5,12H,6H2,1-2H3,(H,13,14). The van der Waals surface area contributed by atoms with Gasteiger partial charge in [-0.1, -0.05) is 6.07 Å². The summed E-state index contributed by atoms with van der Waals surface area (Å²) < 4.78 is 24.1. The predicted molar refractivity (Wildman–Crippen MR) is 63.2 cm³/mol. The average Bonchev–Trinajstić information content (AvgIpc) is 2.13. The molecule has 1 aliphatic heterocycles. The van der Waals surface area contributed by atoms with E-state index in [1.165, 1.54) is 18.2 Å². The molecule has 0 amide bonds. The van der Waals surface area contributed by atoms with E-state index >= 15 is 0 Å². The second-order valence-electron chi connectivity index (χ2n) is 4.75. The summed E-state index contributed by atoms with van der Waals surface area (Å²) in [7, 11) is -3.43. The molecule has 2 rings (SSSR count). The van der Waals surface area contributed by atoms with Crippen LogP contribution in [0, 0.1) is 0 Å². The van der Waals surface area contributed by atoms with E-state index in [0.717, 1.165) is 0 Å². The van der Waals surface area contributed by atoms with Gasteiger partial charge in [-0.15, -0.1) is 0 Å². The Labute approximate surface area is 99.4 Å². The molecule has 0 fully saturated rings. The molecule has 5 nitrogen and oxygen atoms in total. The topological polar surface area (TPSA) is 83.5 Å². The molecule has 1 heterocycles. The van der Waals surface area contributed by atoms with E-state index in [2.05, 4.69) is 5.32 Å². The van der Waals surface area contributed by atoms with Gasteiger partial charge in [0.1, 0.15) is 0 Å². The molecule has 0 bridgehead atoms. The van der Waals surface area contributed by atoms with Crippen molar-refractivity contribution in [2.75, 3.05) is 11.1 Å². The third-order valence-electron chi connectivity index (χ3n) is 2.61. The lowest BCUT2D eigenvalue weighted by molar-refractivity contribution is 0.0697. The predicted octanol–water partition coefficient (Wildman–Crippen LogP) is 1.36. The van der Waals surface area contributed by atoms with Gasteiger partial charge in [-0.25, -0.2) is 13.2 Å². The number of hydrogen-bond donors (Lipinski definition) is 2. The van der Waals surface area contributed by atoms with Crippen LogP contribution in [0.3, 0.4) is 0 Å². The first-order valence-electron chi connectivity index (χ1n) is 5.10. The highest BCUT2D eigenvalue weighted by Gasteiger charge is 2.36. The summed E-state index contributed by atoms with van der Waals surface area (Å²) in [6.45, 7) is 3.46. The van der Waals surface area contributed by atoms with E-state index in [1.54, 1.807) is 13.8 Å². The minimum Gasteiger partial charge on any atom is -0.478 e. The van der Waals surface area contributed by atoms with E-state index in [4.69, 9.17) is 5.11 Å². The fourth-order valence-electron chi connectivity index (χ4n) is 2.02. The second-order valence-corrected chi connectivity index (χ2v) is 6.71. The molecule has 1 aromatic rings. The summed E-state index contributed by atoms with van der Waals surface area (Å²) in [5.74, 6) is -1.18. The minimum absolute atomic E-state index is 0.0150. The lowest BCUT2D eigenvalue weighted by atomic mass is 10.1. The molecule has 6 heteroatoms. The van der Waals surface area contributed by atoms with E-state index in [0.29, 0.717) is 0 Å². The van der Waals surface area contributed by atoms with Crippen LogP contribution in [0.2, 0.25) is 0 Å². The Hall–Kier alpha value is -1.56. The van der Waals surface area contributed by atoms with Crippen molar-refractivity contribution in [3.8, 4) is 0 Å². The summed E-state index contributed by atoms with van der Waals surface area (Å²) in [6, 6.07) is 4.27. The highest BCUT2D eigenvalue weighted by atomic mass is 32.2. The maximum Gasteiger partial charge on any atom is 0.337 e. The van der Waals surface area contributed by atoms with Gasteiger partial charge in [-0.05, 0) is 26.0 Å². The maximum atomic E-state index is 12.0. The largest absolute Gasteiger partial charge is 0.478 e. The molecule has 17 heavy (non-hydrogen) atoms. The van der Waals surface area contributed by atoms with Crippen LogP contribution in [0.15, 0.2) is 23.1 Å². The number of fused-ring (bicyclic) bond motifs is 1. The van der Waals surface area contributed by atoms with Crippen LogP contribution in [0.5, 0.6) is 0 Å². The normalized spacial score (nSPS) is 20.1. The molecule has 1 aliphatic rings. The number of carboxylic acids is 1. The Kier molecular flexibility index (Phi) is 2.43. The van der Waals surface area contributed by atoms with Gasteiger partial charge in [0.2, 0.25) is 0 Å². The molecule has 0 spiro atoms. The number of carbonyl (C=O) groups is 1. The lowest BCUT2D eigenvalue weighted by Crippen LogP contribution is -2.43. The number of benzene rings is 1. The van der Waals surface area contributed by atoms with Crippen LogP contribution in [0.1, 0.15) is 24.2 Å². The van der Waals surface area contributed by atoms with Gasteiger partial charge < -0.3 is 10.4 Å². The molecule has 0 atom stereocenters. The van der Waals surface area contributed by atoms with E-state index in [9.17, 15) is 13.2 Å². The van der Waals surface area contributed by atoms with Gasteiger partial charge in [-0.2, -0.15) is 0 Å². The van der Waals surface area contributed by atoms with E-state index < -0.39 is 21.3 Å². The maximum absolute atomic E-state index is 12.0. The van der Waals surface area contributed by atoms with Gasteiger partial charge in [-0.3, -0.25) is 0 Å². The highest BCUT2D eigenvalue weighted by molar-refractivity contribution is 7.91. The number of sulfone groups is 1. The molecule has 92 valence electrons. The molecule has 0 aliphatic carbocycles. The Balaban J connectivity index is 2.75. The van der Waals surface area contributed by atoms with Crippen LogP contribution in [-0.2, 0) is 9.84 Å². The van der Waals surface area contributed by atoms with Crippen molar-refractivity contribution in [1.82, 2.24) is 0 Å². The Morgan fingerprint density at radius 2 is 2.06 bits per heavy atom. The molecule has 0 radical (unpaired) electrons. The first-order chi connectivity index (χ1) is 7.73. The Morgan fingerprint density at radius 3 is 2.65 bits per heavy atom. The highest BCUT2D eigenvalue weighted by Crippen LogP contribution is 2.35. The fraction of sp³-hybridized carbons (Fsp3) is 0.364. The van der Waals surface area contributed by atoms with Crippen LogP contribution >= 0.6 is 0 Å². The number of carboxylic acid groups (broad SMARTS) is 1. The number of para-hydroxylation sites is 1. The van der Waals surface area contributed by atoms with Crippen molar-refractivity contribution in [2.45, 2.75) is 24.3 Å². The number of nitrogens with one attached hydrogen (secondary N) is 1. The summed E-state index contributed by atoms with van der Waals surface area (Å²) in [6.07, 6.45) is 0. The van der Waals surface area contributed by atoms with Crippen LogP contribution in [-0.4, -0.2) is 30.8 Å². The van der Waals surface area contributed by atoms with Crippen molar-refractivity contribution in [2.24, 2.45) is 0 Å². The minimum atomic E-state index is -3.43. The van der Waals surface area contributed by atoms with Gasteiger partial charge in [0.15, 0.2) is 9.84 Å². The van der Waals surface area contributed by atoms with Crippen molar-refractivity contribution in [1.29, 1.82) is 0 Å². The van der Waals surface area contributed by atoms with E-state index in [1.807, 2.05) is 0 Å². The smallest absolute Gasteiger partial charge is 0.337 e. The number of aromatic carboxylic acids is 1. The summed E-state index contributed by atoms with van der Waals surface area (Å²) in [4.78, 5) is 11.1. The van der Waals surface area contributed by atoms with Crippen LogP contribution in [0.4, 0.5) is 5.69 Å². The van der Waals surface area contributed by atoms with Crippen molar-refractivity contribution in [3.05, 3.63) is 23.8 Å². The zero-order valence-corrected chi connectivity index (χ0v) is 10.3. The molecule has 0 unspecified atom stereocenters. The number of hydrogen-bond acceptors (Lipinski definition) is 4. The summed E-state index contributed by atoms with van der Waals surface area (Å²) in [5.41, 5.74) is -0.493. The first-order valence-corrected chi connectivity index (χ1v) is 6.75. The molecular formula is C11H13NO4S. The molecule has 0 saturated heterocycles. The van der Waals surface area contributed by atoms with Gasteiger partial charge >= 0.3 is 5.97 Å². The third-order valence-corrected chi connectivity index (χ3v) is 4.72. The number of anilines is 1. The fourth-order valence-corrected chi connectivity index (χ4v) is 3.96. The quantitative estimate of drug-likeness (QED) is 0.791. The SMILES string of the molecule is CC1(C)CS(=O)(=O)c2cccc(C(=O)O)c2N1. The molecule has 0 saturated carbocycles. The molecule has 2 N–H and O–H groups in total. The summed E-state index contributed by atoms with van der Waals surface area (Å²) >= 11 is 0. The zero-order chi connectivity index (χ0) is 12.8. The van der Waals surface area contributed by atoms with Gasteiger partial charge in [0.05, 0.1) is 21.9 Å². The number of rotatable bonds is 1. The monoisotopic (exact) mass is 255 g/mol. The molecule has 0 aromatic heterocycles. The van der Waals surface area contributed by atoms with Crippen molar-refractivity contribution in [3.63, 3.8) is 0 Å². The molecule has 1 aromatic carbocycles. The zero-order valence-electron chi connectivity index (χ0n) is 9.52. The molecular weight excluding hydrogens is 242 g/mol. The van der Waals surface area contributed by atoms with E-state index in [-0.39, 0.29) is 21.9 Å². The lowest BCUT2D eigenvalue weighted by Gasteiger charge is -2.33. The second kappa shape index (κ2) is 3.46. The van der Waals surface area contributed by atoms with Crippen molar-refractivity contribution >= 4 is 21.5 Å². The third kappa shape index (κ3) is 2.00. The van der Waals surface area contributed by atoms with Crippen molar-refractivity contribution < 1.29 is 18.3 Å². The Morgan fingerprint density at radius 1 is 1.41 bits per heavy atom. The van der Waals surface area contributed by atoms with Gasteiger partial charge in [0, 0.05) is 5.54 Å². The van der Waals surface area contributed by atoms with Crippen LogP contribution in [0.25, 0.3) is 0 Å². The first kappa shape index (κ1) is 11.9. The Bertz CT molecular complexity index is 589. The average molecular weight is 255 g/mol.